The third kappa shape index (κ3) is 6.21. The minimum Gasteiger partial charge on any atom is -0.493 e. The van der Waals surface area contributed by atoms with E-state index in [0.29, 0.717) is 35.7 Å². The number of carbonyl (C=O) groups is 2. The Labute approximate surface area is 170 Å². The van der Waals surface area contributed by atoms with Crippen LogP contribution in [0.4, 0.5) is 11.4 Å². The van der Waals surface area contributed by atoms with Gasteiger partial charge in [-0.15, -0.1) is 0 Å². The van der Waals surface area contributed by atoms with E-state index in [1.807, 2.05) is 24.3 Å². The van der Waals surface area contributed by atoms with Crippen LogP contribution >= 0.6 is 0 Å². The molecule has 5 nitrogen and oxygen atoms in total. The highest BCUT2D eigenvalue weighted by Crippen LogP contribution is 2.18. The van der Waals surface area contributed by atoms with E-state index in [0.717, 1.165) is 6.42 Å². The van der Waals surface area contributed by atoms with Crippen molar-refractivity contribution >= 4 is 23.2 Å². The van der Waals surface area contributed by atoms with Gasteiger partial charge in [0.25, 0.3) is 5.91 Å². The van der Waals surface area contributed by atoms with Crippen LogP contribution in [-0.2, 0) is 11.2 Å². The maximum atomic E-state index is 12.5. The van der Waals surface area contributed by atoms with Crippen molar-refractivity contribution in [2.75, 3.05) is 17.2 Å². The molecule has 0 heterocycles. The lowest BCUT2D eigenvalue weighted by atomic mass is 10.1. The number of carbonyl (C=O) groups excluding carboxylic acids is 2. The van der Waals surface area contributed by atoms with E-state index in [2.05, 4.69) is 22.8 Å². The van der Waals surface area contributed by atoms with Crippen LogP contribution in [0, 0.1) is 0 Å². The van der Waals surface area contributed by atoms with Gasteiger partial charge in [-0.2, -0.15) is 0 Å². The molecular weight excluding hydrogens is 364 g/mol. The van der Waals surface area contributed by atoms with Crippen molar-refractivity contribution in [2.24, 2.45) is 0 Å². The van der Waals surface area contributed by atoms with Crippen LogP contribution in [0.15, 0.2) is 78.9 Å². The third-order valence-corrected chi connectivity index (χ3v) is 4.35. The van der Waals surface area contributed by atoms with Crippen molar-refractivity contribution in [3.05, 3.63) is 90.0 Å². The van der Waals surface area contributed by atoms with Crippen LogP contribution in [0.2, 0.25) is 0 Å². The summed E-state index contributed by atoms with van der Waals surface area (Å²) in [5.41, 5.74) is 3.08. The number of nitrogens with one attached hydrogen (secondary N) is 2. The van der Waals surface area contributed by atoms with Gasteiger partial charge < -0.3 is 15.4 Å². The Morgan fingerprint density at radius 3 is 2.21 bits per heavy atom. The molecule has 2 N–H and O–H groups in total. The number of amides is 2. The van der Waals surface area contributed by atoms with Crippen LogP contribution in [0.1, 0.15) is 29.3 Å². The Morgan fingerprint density at radius 1 is 0.828 bits per heavy atom. The summed E-state index contributed by atoms with van der Waals surface area (Å²) >= 11 is 0. The molecule has 3 aromatic carbocycles. The molecule has 0 unspecified atom stereocenters. The zero-order valence-corrected chi connectivity index (χ0v) is 16.4. The van der Waals surface area contributed by atoms with Crippen LogP contribution in [0.3, 0.4) is 0 Å². The zero-order valence-electron chi connectivity index (χ0n) is 16.4. The SMILES string of the molecule is CCC(=O)Nc1ccc(NC(=O)c2cccc(OCCc3ccccc3)c2)cc1. The number of hydrogen-bond acceptors (Lipinski definition) is 3. The van der Waals surface area contributed by atoms with Crippen molar-refractivity contribution in [3.63, 3.8) is 0 Å². The quantitative estimate of drug-likeness (QED) is 0.576. The summed E-state index contributed by atoms with van der Waals surface area (Å²) in [6.07, 6.45) is 1.22. The van der Waals surface area contributed by atoms with E-state index in [1.165, 1.54) is 5.56 Å². The summed E-state index contributed by atoms with van der Waals surface area (Å²) in [7, 11) is 0. The summed E-state index contributed by atoms with van der Waals surface area (Å²) in [6.45, 7) is 2.34. The first-order valence-electron chi connectivity index (χ1n) is 9.62. The first kappa shape index (κ1) is 20.1. The van der Waals surface area contributed by atoms with Gasteiger partial charge in [-0.3, -0.25) is 9.59 Å². The monoisotopic (exact) mass is 388 g/mol. The van der Waals surface area contributed by atoms with Gasteiger partial charge >= 0.3 is 0 Å². The highest BCUT2D eigenvalue weighted by atomic mass is 16.5. The van der Waals surface area contributed by atoms with Gasteiger partial charge in [0.1, 0.15) is 5.75 Å². The van der Waals surface area contributed by atoms with Gasteiger partial charge in [-0.1, -0.05) is 43.3 Å². The van der Waals surface area contributed by atoms with Crippen LogP contribution in [0.5, 0.6) is 5.75 Å². The molecular formula is C24H24N2O3. The van der Waals surface area contributed by atoms with Crippen LogP contribution in [-0.4, -0.2) is 18.4 Å². The maximum Gasteiger partial charge on any atom is 0.255 e. The van der Waals surface area contributed by atoms with Gasteiger partial charge in [0.15, 0.2) is 0 Å². The molecule has 3 rings (SSSR count). The van der Waals surface area contributed by atoms with Gasteiger partial charge in [-0.05, 0) is 48.0 Å². The lowest BCUT2D eigenvalue weighted by Gasteiger charge is -2.10. The largest absolute Gasteiger partial charge is 0.493 e. The van der Waals surface area contributed by atoms with Gasteiger partial charge in [0.05, 0.1) is 6.61 Å². The smallest absolute Gasteiger partial charge is 0.255 e. The number of benzene rings is 3. The fourth-order valence-electron chi connectivity index (χ4n) is 2.75. The molecule has 0 saturated heterocycles. The topological polar surface area (TPSA) is 67.4 Å². The predicted octanol–water partition coefficient (Wildman–Crippen LogP) is 4.91. The first-order valence-corrected chi connectivity index (χ1v) is 9.62. The summed E-state index contributed by atoms with van der Waals surface area (Å²) in [4.78, 5) is 24.0. The highest BCUT2D eigenvalue weighted by Gasteiger charge is 2.08. The Hall–Kier alpha value is -3.60. The first-order chi connectivity index (χ1) is 14.1. The molecule has 0 aliphatic carbocycles. The van der Waals surface area contributed by atoms with Crippen molar-refractivity contribution in [3.8, 4) is 5.75 Å². The Balaban J connectivity index is 1.55. The molecule has 2 amide bonds. The summed E-state index contributed by atoms with van der Waals surface area (Å²) in [6, 6.07) is 24.3. The summed E-state index contributed by atoms with van der Waals surface area (Å²) in [5.74, 6) is 0.390. The molecule has 0 aliphatic heterocycles. The second-order valence-electron chi connectivity index (χ2n) is 6.55. The van der Waals surface area contributed by atoms with E-state index in [4.69, 9.17) is 4.74 Å². The summed E-state index contributed by atoms with van der Waals surface area (Å²) < 4.78 is 5.79. The number of hydrogen-bond donors (Lipinski definition) is 2. The summed E-state index contributed by atoms with van der Waals surface area (Å²) in [5, 5.41) is 5.63. The van der Waals surface area contributed by atoms with E-state index in [9.17, 15) is 9.59 Å². The van der Waals surface area contributed by atoms with Crippen LogP contribution < -0.4 is 15.4 Å². The normalized spacial score (nSPS) is 10.2. The molecule has 0 spiro atoms. The van der Waals surface area contributed by atoms with Gasteiger partial charge in [0.2, 0.25) is 5.91 Å². The number of anilines is 2. The molecule has 148 valence electrons. The molecule has 29 heavy (non-hydrogen) atoms. The molecule has 3 aromatic rings. The molecule has 0 fully saturated rings. The average molecular weight is 388 g/mol. The van der Waals surface area contributed by atoms with Crippen molar-refractivity contribution in [1.82, 2.24) is 0 Å². The Morgan fingerprint density at radius 2 is 1.52 bits per heavy atom. The third-order valence-electron chi connectivity index (χ3n) is 4.35. The molecule has 0 saturated carbocycles. The van der Waals surface area contributed by atoms with Crippen molar-refractivity contribution < 1.29 is 14.3 Å². The number of rotatable bonds is 8. The molecule has 0 aliphatic rings. The van der Waals surface area contributed by atoms with E-state index in [1.54, 1.807) is 49.4 Å². The van der Waals surface area contributed by atoms with Crippen LogP contribution in [0.25, 0.3) is 0 Å². The van der Waals surface area contributed by atoms with E-state index < -0.39 is 0 Å². The van der Waals surface area contributed by atoms with Crippen molar-refractivity contribution in [1.29, 1.82) is 0 Å². The molecule has 5 heteroatoms. The standard InChI is InChI=1S/C24H24N2O3/c1-2-23(27)25-20-11-13-21(14-12-20)26-24(28)19-9-6-10-22(17-19)29-16-15-18-7-4-3-5-8-18/h3-14,17H,2,15-16H2,1H3,(H,25,27)(H,26,28). The Bertz CT molecular complexity index is 953. The zero-order chi connectivity index (χ0) is 20.5. The minimum absolute atomic E-state index is 0.0501. The maximum absolute atomic E-state index is 12.5. The lowest BCUT2D eigenvalue weighted by Crippen LogP contribution is -2.13. The molecule has 0 atom stereocenters. The second kappa shape index (κ2) is 10.1. The average Bonchev–Trinajstić information content (AvgIpc) is 2.76. The highest BCUT2D eigenvalue weighted by molar-refractivity contribution is 6.04. The lowest BCUT2D eigenvalue weighted by molar-refractivity contribution is -0.115. The molecule has 0 aromatic heterocycles. The van der Waals surface area contributed by atoms with Gasteiger partial charge in [-0.25, -0.2) is 0 Å². The van der Waals surface area contributed by atoms with Crippen molar-refractivity contribution in [2.45, 2.75) is 19.8 Å². The van der Waals surface area contributed by atoms with Gasteiger partial charge in [0, 0.05) is 29.8 Å². The minimum atomic E-state index is -0.219. The fraction of sp³-hybridized carbons (Fsp3) is 0.167. The fourth-order valence-corrected chi connectivity index (χ4v) is 2.75. The molecule has 0 radical (unpaired) electrons. The molecule has 0 bridgehead atoms. The number of ether oxygens (including phenoxy) is 1. The Kier molecular flexibility index (Phi) is 7.00. The van der Waals surface area contributed by atoms with E-state index in [-0.39, 0.29) is 11.8 Å². The van der Waals surface area contributed by atoms with E-state index >= 15 is 0 Å². The second-order valence-corrected chi connectivity index (χ2v) is 6.55. The predicted molar refractivity (Wildman–Crippen MR) is 115 cm³/mol.